The molecule has 2 fully saturated rings. The highest BCUT2D eigenvalue weighted by molar-refractivity contribution is 5.85. The number of rotatable bonds is 7. The molecule has 0 aromatic carbocycles. The summed E-state index contributed by atoms with van der Waals surface area (Å²) in [5.74, 6) is -0.978. The maximum absolute atomic E-state index is 12.0. The highest BCUT2D eigenvalue weighted by Crippen LogP contribution is 2.39. The Morgan fingerprint density at radius 3 is 2.38 bits per heavy atom. The Labute approximate surface area is 126 Å². The molecule has 5 heteroatoms. The van der Waals surface area contributed by atoms with Crippen molar-refractivity contribution in [2.45, 2.75) is 70.3 Å². The zero-order valence-electron chi connectivity index (χ0n) is 12.7. The molecule has 0 radical (unpaired) electrons. The summed E-state index contributed by atoms with van der Waals surface area (Å²) in [4.78, 5) is 23.5. The predicted molar refractivity (Wildman–Crippen MR) is 79.0 cm³/mol. The van der Waals surface area contributed by atoms with Crippen molar-refractivity contribution in [3.05, 3.63) is 0 Å². The normalized spacial score (nSPS) is 22.1. The molecule has 2 aliphatic carbocycles. The number of nitrogens with one attached hydrogen (secondary N) is 1. The molecule has 0 heterocycles. The number of amides is 1. The molecule has 0 saturated heterocycles. The van der Waals surface area contributed by atoms with Crippen LogP contribution < -0.4 is 5.32 Å². The van der Waals surface area contributed by atoms with E-state index < -0.39 is 11.4 Å². The third kappa shape index (κ3) is 4.70. The summed E-state index contributed by atoms with van der Waals surface area (Å²) < 4.78 is 5.68. The fraction of sp³-hybridized carbons (Fsp3) is 0.875. The molecule has 0 unspecified atom stereocenters. The standard InChI is InChI=1S/C16H27NO4/c18-14(17-10-11-21-13-6-2-3-7-13)12-16(15(19)20)8-4-1-5-9-16/h13H,1-12H2,(H,17,18)(H,19,20). The third-order valence-corrected chi connectivity index (χ3v) is 4.84. The third-order valence-electron chi connectivity index (χ3n) is 4.84. The molecule has 1 amide bonds. The molecule has 0 atom stereocenters. The maximum Gasteiger partial charge on any atom is 0.310 e. The molecular weight excluding hydrogens is 270 g/mol. The van der Waals surface area contributed by atoms with Crippen molar-refractivity contribution < 1.29 is 19.4 Å². The molecule has 2 N–H and O–H groups in total. The van der Waals surface area contributed by atoms with E-state index in [9.17, 15) is 14.7 Å². The van der Waals surface area contributed by atoms with Gasteiger partial charge in [0.1, 0.15) is 0 Å². The van der Waals surface area contributed by atoms with E-state index in [0.29, 0.717) is 32.1 Å². The first-order valence-corrected chi connectivity index (χ1v) is 8.24. The zero-order valence-corrected chi connectivity index (χ0v) is 12.7. The second kappa shape index (κ2) is 7.78. The van der Waals surface area contributed by atoms with E-state index in [1.54, 1.807) is 0 Å². The molecule has 0 aliphatic heterocycles. The Morgan fingerprint density at radius 1 is 1.10 bits per heavy atom. The molecule has 0 aromatic rings. The summed E-state index contributed by atoms with van der Waals surface area (Å²) >= 11 is 0. The van der Waals surface area contributed by atoms with Crippen molar-refractivity contribution >= 4 is 11.9 Å². The minimum atomic E-state index is -0.839. The van der Waals surface area contributed by atoms with Gasteiger partial charge in [-0.1, -0.05) is 32.1 Å². The number of aliphatic carboxylic acids is 1. The van der Waals surface area contributed by atoms with Gasteiger partial charge < -0.3 is 15.2 Å². The van der Waals surface area contributed by atoms with Gasteiger partial charge in [-0.2, -0.15) is 0 Å². The number of ether oxygens (including phenoxy) is 1. The van der Waals surface area contributed by atoms with E-state index in [2.05, 4.69) is 5.32 Å². The van der Waals surface area contributed by atoms with Crippen LogP contribution in [0.15, 0.2) is 0 Å². The number of hydrogen-bond donors (Lipinski definition) is 2. The van der Waals surface area contributed by atoms with E-state index in [0.717, 1.165) is 32.1 Å². The Morgan fingerprint density at radius 2 is 1.76 bits per heavy atom. The quantitative estimate of drug-likeness (QED) is 0.708. The minimum absolute atomic E-state index is 0.103. The van der Waals surface area contributed by atoms with E-state index >= 15 is 0 Å². The first kappa shape index (κ1) is 16.3. The van der Waals surface area contributed by atoms with Gasteiger partial charge in [-0.05, 0) is 25.7 Å². The van der Waals surface area contributed by atoms with Gasteiger partial charge in [0.05, 0.1) is 18.1 Å². The van der Waals surface area contributed by atoms with Crippen LogP contribution in [-0.4, -0.2) is 36.2 Å². The topological polar surface area (TPSA) is 75.6 Å². The van der Waals surface area contributed by atoms with Crippen LogP contribution >= 0.6 is 0 Å². The first-order valence-electron chi connectivity index (χ1n) is 8.24. The second-order valence-electron chi connectivity index (χ2n) is 6.45. The highest BCUT2D eigenvalue weighted by Gasteiger charge is 2.41. The average Bonchev–Trinajstić information content (AvgIpc) is 2.98. The van der Waals surface area contributed by atoms with Gasteiger partial charge in [-0.25, -0.2) is 0 Å². The van der Waals surface area contributed by atoms with E-state index in [1.807, 2.05) is 0 Å². The van der Waals surface area contributed by atoms with Gasteiger partial charge in [0.2, 0.25) is 5.91 Å². The van der Waals surface area contributed by atoms with Gasteiger partial charge in [0.25, 0.3) is 0 Å². The lowest BCUT2D eigenvalue weighted by atomic mass is 9.71. The largest absolute Gasteiger partial charge is 0.481 e. The fourth-order valence-corrected chi connectivity index (χ4v) is 3.54. The van der Waals surface area contributed by atoms with Crippen LogP contribution in [-0.2, 0) is 14.3 Å². The van der Waals surface area contributed by atoms with Crippen molar-refractivity contribution in [3.63, 3.8) is 0 Å². The van der Waals surface area contributed by atoms with Crippen molar-refractivity contribution in [1.29, 1.82) is 0 Å². The van der Waals surface area contributed by atoms with Crippen molar-refractivity contribution in [2.75, 3.05) is 13.2 Å². The summed E-state index contributed by atoms with van der Waals surface area (Å²) in [5.41, 5.74) is -0.839. The van der Waals surface area contributed by atoms with Crippen LogP contribution in [0.1, 0.15) is 64.2 Å². The summed E-state index contributed by atoms with van der Waals surface area (Å²) in [6.45, 7) is 1.00. The Balaban J connectivity index is 1.68. The van der Waals surface area contributed by atoms with Crippen LogP contribution in [0.5, 0.6) is 0 Å². The van der Waals surface area contributed by atoms with Crippen LogP contribution in [0.2, 0.25) is 0 Å². The predicted octanol–water partition coefficient (Wildman–Crippen LogP) is 2.49. The molecule has 21 heavy (non-hydrogen) atoms. The van der Waals surface area contributed by atoms with E-state index in [4.69, 9.17) is 4.74 Å². The SMILES string of the molecule is O=C(CC1(C(=O)O)CCCCC1)NCCOC1CCCC1. The molecule has 5 nitrogen and oxygen atoms in total. The van der Waals surface area contributed by atoms with Crippen molar-refractivity contribution in [2.24, 2.45) is 5.41 Å². The molecule has 2 aliphatic rings. The van der Waals surface area contributed by atoms with Crippen LogP contribution in [0, 0.1) is 5.41 Å². The van der Waals surface area contributed by atoms with Crippen LogP contribution in [0.25, 0.3) is 0 Å². The molecular formula is C16H27NO4. The van der Waals surface area contributed by atoms with Gasteiger partial charge in [0, 0.05) is 13.0 Å². The number of carbonyl (C=O) groups is 2. The molecule has 0 bridgehead atoms. The van der Waals surface area contributed by atoms with Gasteiger partial charge >= 0.3 is 5.97 Å². The number of hydrogen-bond acceptors (Lipinski definition) is 3. The highest BCUT2D eigenvalue weighted by atomic mass is 16.5. The maximum atomic E-state index is 12.0. The second-order valence-corrected chi connectivity index (χ2v) is 6.45. The molecule has 0 spiro atoms. The lowest BCUT2D eigenvalue weighted by Crippen LogP contribution is -2.40. The lowest BCUT2D eigenvalue weighted by molar-refractivity contribution is -0.154. The van der Waals surface area contributed by atoms with Crippen LogP contribution in [0.4, 0.5) is 0 Å². The fourth-order valence-electron chi connectivity index (χ4n) is 3.54. The van der Waals surface area contributed by atoms with E-state index in [1.165, 1.54) is 12.8 Å². The van der Waals surface area contributed by atoms with Crippen molar-refractivity contribution in [3.8, 4) is 0 Å². The van der Waals surface area contributed by atoms with Crippen LogP contribution in [0.3, 0.4) is 0 Å². The Kier molecular flexibility index (Phi) is 6.03. The minimum Gasteiger partial charge on any atom is -0.481 e. The summed E-state index contributed by atoms with van der Waals surface area (Å²) in [7, 11) is 0. The van der Waals surface area contributed by atoms with Crippen molar-refractivity contribution in [1.82, 2.24) is 5.32 Å². The summed E-state index contributed by atoms with van der Waals surface area (Å²) in [5, 5.41) is 12.3. The number of carboxylic acid groups (broad SMARTS) is 1. The summed E-state index contributed by atoms with van der Waals surface area (Å²) in [6.07, 6.45) is 9.29. The number of carbonyl (C=O) groups excluding carboxylic acids is 1. The zero-order chi connectivity index (χ0) is 15.1. The molecule has 2 rings (SSSR count). The summed E-state index contributed by atoms with van der Waals surface area (Å²) in [6, 6.07) is 0. The number of carboxylic acids is 1. The molecule has 0 aromatic heterocycles. The lowest BCUT2D eigenvalue weighted by Gasteiger charge is -2.32. The molecule has 120 valence electrons. The first-order chi connectivity index (χ1) is 10.1. The van der Waals surface area contributed by atoms with Gasteiger partial charge in [0.15, 0.2) is 0 Å². The monoisotopic (exact) mass is 297 g/mol. The van der Waals surface area contributed by atoms with Gasteiger partial charge in [-0.15, -0.1) is 0 Å². The van der Waals surface area contributed by atoms with E-state index in [-0.39, 0.29) is 12.3 Å². The Hall–Kier alpha value is -1.10. The average molecular weight is 297 g/mol. The Bertz CT molecular complexity index is 357. The smallest absolute Gasteiger partial charge is 0.310 e. The van der Waals surface area contributed by atoms with Gasteiger partial charge in [-0.3, -0.25) is 9.59 Å². The molecule has 2 saturated carbocycles.